The number of aromatic nitrogens is 4. The van der Waals surface area contributed by atoms with Crippen molar-refractivity contribution in [1.29, 1.82) is 0 Å². The van der Waals surface area contributed by atoms with Crippen LogP contribution in [-0.4, -0.2) is 50.6 Å². The van der Waals surface area contributed by atoms with E-state index in [1.807, 2.05) is 36.6 Å². The summed E-state index contributed by atoms with van der Waals surface area (Å²) in [6.45, 7) is 2.59. The van der Waals surface area contributed by atoms with Crippen LogP contribution >= 0.6 is 0 Å². The molecule has 2 fully saturated rings. The maximum Gasteiger partial charge on any atom is 0.387 e. The molecule has 10 heteroatoms. The first-order chi connectivity index (χ1) is 20.3. The van der Waals surface area contributed by atoms with Gasteiger partial charge in [-0.15, -0.1) is 0 Å². The van der Waals surface area contributed by atoms with Gasteiger partial charge in [0.15, 0.2) is 5.78 Å². The van der Waals surface area contributed by atoms with Crippen LogP contribution in [0.5, 0.6) is 5.75 Å². The Kier molecular flexibility index (Phi) is 6.51. The molecular formula is C32H31F2N5O3. The zero-order valence-electron chi connectivity index (χ0n) is 23.4. The van der Waals surface area contributed by atoms with Gasteiger partial charge in [0, 0.05) is 72.5 Å². The minimum atomic E-state index is -2.97. The third-order valence-corrected chi connectivity index (χ3v) is 9.14. The Morgan fingerprint density at radius 1 is 1.00 bits per heavy atom. The molecular weight excluding hydrogens is 540 g/mol. The van der Waals surface area contributed by atoms with Gasteiger partial charge in [-0.1, -0.05) is 32.0 Å². The zero-order valence-corrected chi connectivity index (χ0v) is 23.4. The molecule has 0 N–H and O–H groups in total. The van der Waals surface area contributed by atoms with E-state index in [4.69, 9.17) is 14.7 Å². The topological polar surface area (TPSA) is 89.7 Å². The smallest absolute Gasteiger partial charge is 0.387 e. The Morgan fingerprint density at radius 3 is 2.40 bits per heavy atom. The van der Waals surface area contributed by atoms with Crippen LogP contribution in [0.25, 0.3) is 16.8 Å². The van der Waals surface area contributed by atoms with Gasteiger partial charge in [-0.2, -0.15) is 8.78 Å². The quantitative estimate of drug-likeness (QED) is 0.277. The molecule has 4 atom stereocenters. The van der Waals surface area contributed by atoms with Crippen LogP contribution < -0.4 is 9.64 Å². The van der Waals surface area contributed by atoms with Gasteiger partial charge >= 0.3 is 6.61 Å². The lowest BCUT2D eigenvalue weighted by molar-refractivity contribution is -0.128. The van der Waals surface area contributed by atoms with Gasteiger partial charge in [0.1, 0.15) is 22.9 Å². The third kappa shape index (κ3) is 4.44. The summed E-state index contributed by atoms with van der Waals surface area (Å²) in [6, 6.07) is 10.3. The normalized spacial score (nSPS) is 23.3. The first kappa shape index (κ1) is 26.7. The molecule has 0 spiro atoms. The average molecular weight is 572 g/mol. The lowest BCUT2D eigenvalue weighted by atomic mass is 9.78. The lowest BCUT2D eigenvalue weighted by Gasteiger charge is -2.37. The maximum absolute atomic E-state index is 13.1. The molecule has 2 aliphatic carbocycles. The number of ether oxygens (including phenoxy) is 1. The van der Waals surface area contributed by atoms with E-state index in [0.717, 1.165) is 37.1 Å². The number of imidazole rings is 1. The summed E-state index contributed by atoms with van der Waals surface area (Å²) in [5.41, 5.74) is 3.78. The number of ketones is 2. The average Bonchev–Trinajstić information content (AvgIpc) is 3.60. The third-order valence-electron chi connectivity index (χ3n) is 9.14. The number of alkyl halides is 2. The molecule has 216 valence electrons. The zero-order chi connectivity index (χ0) is 29.1. The number of pyridine rings is 1. The molecule has 4 heterocycles. The number of anilines is 1. The number of halogens is 2. The van der Waals surface area contributed by atoms with Crippen molar-refractivity contribution in [2.45, 2.75) is 45.6 Å². The Bertz CT molecular complexity index is 1670. The second-order valence-electron chi connectivity index (χ2n) is 11.9. The number of hydrogen-bond acceptors (Lipinski definition) is 7. The molecule has 7 rings (SSSR count). The van der Waals surface area contributed by atoms with E-state index in [2.05, 4.69) is 9.88 Å². The SMILES string of the molecule is CC(C)C(=O)[C@@H]1[C@@H]2CC[C@H]1CN(c1ncc(-c3ccc4nc5c(n4c3)[C@@H](c3ccccc3OC(F)F)CC5=O)cn1)C2. The number of carbonyl (C=O) groups excluding carboxylic acids is 2. The van der Waals surface area contributed by atoms with Crippen molar-refractivity contribution in [1.82, 2.24) is 19.4 Å². The number of Topliss-reactive ketones (excluding diaryl/α,β-unsaturated/α-hetero) is 2. The lowest BCUT2D eigenvalue weighted by Crippen LogP contribution is -2.46. The van der Waals surface area contributed by atoms with Gasteiger partial charge in [0.05, 0.1) is 5.69 Å². The molecule has 8 nitrogen and oxygen atoms in total. The van der Waals surface area contributed by atoms with Crippen molar-refractivity contribution in [3.05, 3.63) is 71.9 Å². The highest BCUT2D eigenvalue weighted by molar-refractivity contribution is 6.00. The Labute approximate surface area is 241 Å². The number of fused-ring (bicyclic) bond motifs is 5. The molecule has 0 amide bonds. The number of carbonyl (C=O) groups is 2. The van der Waals surface area contributed by atoms with Gasteiger partial charge in [-0.3, -0.25) is 9.59 Å². The molecule has 3 aromatic heterocycles. The van der Waals surface area contributed by atoms with E-state index in [-0.39, 0.29) is 29.8 Å². The van der Waals surface area contributed by atoms with Crippen molar-refractivity contribution >= 4 is 23.2 Å². The fourth-order valence-electron chi connectivity index (χ4n) is 7.25. The number of piperidine rings is 1. The predicted octanol–water partition coefficient (Wildman–Crippen LogP) is 5.80. The number of nitrogens with zero attached hydrogens (tertiary/aromatic N) is 5. The van der Waals surface area contributed by atoms with Crippen LogP contribution in [0.3, 0.4) is 0 Å². The van der Waals surface area contributed by atoms with Gasteiger partial charge in [0.2, 0.25) is 5.95 Å². The summed E-state index contributed by atoms with van der Waals surface area (Å²) in [5, 5.41) is 0. The number of hydrogen-bond donors (Lipinski definition) is 0. The molecule has 1 saturated heterocycles. The van der Waals surface area contributed by atoms with E-state index in [1.165, 1.54) is 6.07 Å². The molecule has 2 bridgehead atoms. The molecule has 4 aromatic rings. The number of benzene rings is 1. The standard InChI is InChI=1S/C32H31F2N5O3/c1-17(2)30(41)27-19-7-8-20(27)15-38(14-19)32-35-12-21(13-36-32)18-9-10-26-37-28-24(40)11-23(29(28)39(26)16-18)22-5-3-4-6-25(22)42-31(33)34/h3-6,9-10,12-13,16-17,19-20,23,27,31H,7-8,11,14-15H2,1-2H3/t19-,20+,23-,27-/m1/s1. The first-order valence-electron chi connectivity index (χ1n) is 14.5. The molecule has 3 aliphatic rings. The molecule has 0 unspecified atom stereocenters. The van der Waals surface area contributed by atoms with E-state index in [1.54, 1.807) is 30.6 Å². The van der Waals surface area contributed by atoms with Gasteiger partial charge < -0.3 is 14.0 Å². The summed E-state index contributed by atoms with van der Waals surface area (Å²) in [5.74, 6) is 1.40. The second-order valence-corrected chi connectivity index (χ2v) is 11.9. The minimum Gasteiger partial charge on any atom is -0.435 e. The van der Waals surface area contributed by atoms with Gasteiger partial charge in [-0.25, -0.2) is 15.0 Å². The Balaban J connectivity index is 1.17. The summed E-state index contributed by atoms with van der Waals surface area (Å²) < 4.78 is 32.9. The summed E-state index contributed by atoms with van der Waals surface area (Å²) in [6.07, 6.45) is 7.75. The first-order valence-corrected chi connectivity index (χ1v) is 14.5. The van der Waals surface area contributed by atoms with Gasteiger partial charge in [-0.05, 0) is 42.9 Å². The highest BCUT2D eigenvalue weighted by Gasteiger charge is 2.46. The minimum absolute atomic E-state index is 0.0549. The Morgan fingerprint density at radius 2 is 1.71 bits per heavy atom. The van der Waals surface area contributed by atoms with Crippen LogP contribution in [0, 0.1) is 23.7 Å². The van der Waals surface area contributed by atoms with Gasteiger partial charge in [0.25, 0.3) is 0 Å². The molecule has 1 aromatic carbocycles. The van der Waals surface area contributed by atoms with Crippen LogP contribution in [0.2, 0.25) is 0 Å². The van der Waals surface area contributed by atoms with Crippen LogP contribution in [0.4, 0.5) is 14.7 Å². The van der Waals surface area contributed by atoms with Crippen molar-refractivity contribution in [3.63, 3.8) is 0 Å². The summed E-state index contributed by atoms with van der Waals surface area (Å²) >= 11 is 0. The van der Waals surface area contributed by atoms with E-state index < -0.39 is 12.5 Å². The summed E-state index contributed by atoms with van der Waals surface area (Å²) in [4.78, 5) is 41.9. The van der Waals surface area contributed by atoms with Crippen molar-refractivity contribution < 1.29 is 23.1 Å². The number of para-hydroxylation sites is 1. The van der Waals surface area contributed by atoms with Crippen LogP contribution in [0.15, 0.2) is 55.0 Å². The second kappa shape index (κ2) is 10.3. The highest BCUT2D eigenvalue weighted by Crippen LogP contribution is 2.45. The molecule has 1 saturated carbocycles. The predicted molar refractivity (Wildman–Crippen MR) is 152 cm³/mol. The Hall–Kier alpha value is -4.21. The van der Waals surface area contributed by atoms with Crippen molar-refractivity contribution in [2.75, 3.05) is 18.0 Å². The van der Waals surface area contributed by atoms with E-state index in [0.29, 0.717) is 46.2 Å². The van der Waals surface area contributed by atoms with E-state index in [9.17, 15) is 18.4 Å². The molecule has 42 heavy (non-hydrogen) atoms. The van der Waals surface area contributed by atoms with Crippen molar-refractivity contribution in [3.8, 4) is 16.9 Å². The van der Waals surface area contributed by atoms with Crippen LogP contribution in [0.1, 0.15) is 60.8 Å². The maximum atomic E-state index is 13.1. The highest BCUT2D eigenvalue weighted by atomic mass is 19.3. The van der Waals surface area contributed by atoms with E-state index >= 15 is 0 Å². The molecule has 0 radical (unpaired) electrons. The fraction of sp³-hybridized carbons (Fsp3) is 0.406. The monoisotopic (exact) mass is 571 g/mol. The van der Waals surface area contributed by atoms with Crippen molar-refractivity contribution in [2.24, 2.45) is 23.7 Å². The largest absolute Gasteiger partial charge is 0.435 e. The number of rotatable bonds is 7. The van der Waals surface area contributed by atoms with Crippen LogP contribution in [-0.2, 0) is 4.79 Å². The molecule has 1 aliphatic heterocycles. The summed E-state index contributed by atoms with van der Waals surface area (Å²) in [7, 11) is 0. The fourth-order valence-corrected chi connectivity index (χ4v) is 7.25.